The van der Waals surface area contributed by atoms with Crippen molar-refractivity contribution in [1.29, 1.82) is 0 Å². The molecule has 3 rings (SSSR count). The summed E-state index contributed by atoms with van der Waals surface area (Å²) in [6.07, 6.45) is 0. The third-order valence-electron chi connectivity index (χ3n) is 4.11. The van der Waals surface area contributed by atoms with Crippen LogP contribution in [-0.4, -0.2) is 44.7 Å². The Labute approximate surface area is 168 Å². The summed E-state index contributed by atoms with van der Waals surface area (Å²) >= 11 is 0. The normalized spacial score (nSPS) is 10.3. The summed E-state index contributed by atoms with van der Waals surface area (Å²) in [6.45, 7) is 0.166. The SMILES string of the molecule is O=COc1cc(C(=O)O)cc(-c2cccc(-c3cc(C(=O)O)cc(C(=O)O)c3)n2)c1. The Balaban J connectivity index is 2.14. The molecule has 0 aliphatic heterocycles. The Morgan fingerprint density at radius 1 is 0.733 bits per heavy atom. The number of ether oxygens (including phenoxy) is 1. The Morgan fingerprint density at radius 2 is 1.20 bits per heavy atom. The molecular weight excluding hydrogens is 394 g/mol. The molecule has 150 valence electrons. The number of rotatable bonds is 7. The van der Waals surface area contributed by atoms with Gasteiger partial charge in [-0.2, -0.15) is 0 Å². The maximum atomic E-state index is 11.4. The van der Waals surface area contributed by atoms with E-state index >= 15 is 0 Å². The van der Waals surface area contributed by atoms with E-state index in [2.05, 4.69) is 4.98 Å². The van der Waals surface area contributed by atoms with Crippen LogP contribution in [0.25, 0.3) is 22.5 Å². The number of aromatic carboxylic acids is 3. The van der Waals surface area contributed by atoms with Crippen molar-refractivity contribution in [3.63, 3.8) is 0 Å². The molecule has 9 nitrogen and oxygen atoms in total. The summed E-state index contributed by atoms with van der Waals surface area (Å²) in [5, 5.41) is 27.8. The molecule has 9 heteroatoms. The largest absolute Gasteiger partial charge is 0.478 e. The second-order valence-electron chi connectivity index (χ2n) is 6.08. The monoisotopic (exact) mass is 407 g/mol. The lowest BCUT2D eigenvalue weighted by atomic mass is 10.0. The molecule has 0 saturated heterocycles. The van der Waals surface area contributed by atoms with E-state index in [0.29, 0.717) is 11.3 Å². The Morgan fingerprint density at radius 3 is 1.67 bits per heavy atom. The highest BCUT2D eigenvalue weighted by molar-refractivity contribution is 5.96. The van der Waals surface area contributed by atoms with Gasteiger partial charge in [-0.25, -0.2) is 19.4 Å². The second-order valence-corrected chi connectivity index (χ2v) is 6.08. The van der Waals surface area contributed by atoms with Crippen molar-refractivity contribution in [2.24, 2.45) is 0 Å². The van der Waals surface area contributed by atoms with Gasteiger partial charge in [-0.3, -0.25) is 4.79 Å². The molecule has 1 heterocycles. The molecule has 0 saturated carbocycles. The fourth-order valence-electron chi connectivity index (χ4n) is 2.77. The zero-order valence-corrected chi connectivity index (χ0v) is 15.1. The first-order valence-corrected chi connectivity index (χ1v) is 8.36. The highest BCUT2D eigenvalue weighted by Gasteiger charge is 2.15. The molecule has 1 aromatic heterocycles. The van der Waals surface area contributed by atoms with E-state index < -0.39 is 17.9 Å². The molecule has 0 unspecified atom stereocenters. The minimum absolute atomic E-state index is 0.00754. The van der Waals surface area contributed by atoms with Crippen LogP contribution in [0.15, 0.2) is 54.6 Å². The Bertz CT molecular complexity index is 1150. The summed E-state index contributed by atoms with van der Waals surface area (Å²) in [4.78, 5) is 49.1. The van der Waals surface area contributed by atoms with Gasteiger partial charge < -0.3 is 20.1 Å². The molecule has 0 radical (unpaired) electrons. The standard InChI is InChI=1S/C21H13NO8/c23-10-30-16-8-12(6-15(9-16)21(28)29)18-3-1-2-17(22-18)11-4-13(19(24)25)7-14(5-11)20(26)27/h1-10H,(H,24,25)(H,26,27)(H,28,29). The number of benzene rings is 2. The predicted molar refractivity (Wildman–Crippen MR) is 103 cm³/mol. The van der Waals surface area contributed by atoms with Crippen molar-refractivity contribution in [1.82, 2.24) is 4.98 Å². The minimum Gasteiger partial charge on any atom is -0.478 e. The minimum atomic E-state index is -1.29. The lowest BCUT2D eigenvalue weighted by Crippen LogP contribution is -2.03. The third kappa shape index (κ3) is 4.30. The quantitative estimate of drug-likeness (QED) is 0.502. The van der Waals surface area contributed by atoms with Crippen molar-refractivity contribution in [3.05, 3.63) is 71.3 Å². The smallest absolute Gasteiger partial charge is 0.335 e. The average Bonchev–Trinajstić information content (AvgIpc) is 2.73. The second kappa shape index (κ2) is 8.23. The number of hydrogen-bond acceptors (Lipinski definition) is 6. The predicted octanol–water partition coefficient (Wildman–Crippen LogP) is 3.05. The van der Waals surface area contributed by atoms with Gasteiger partial charge in [0.2, 0.25) is 0 Å². The zero-order chi connectivity index (χ0) is 21.8. The topological polar surface area (TPSA) is 151 Å². The number of pyridine rings is 1. The molecule has 30 heavy (non-hydrogen) atoms. The maximum absolute atomic E-state index is 11.4. The third-order valence-corrected chi connectivity index (χ3v) is 4.11. The number of hydrogen-bond donors (Lipinski definition) is 3. The molecular formula is C21H13NO8. The molecule has 0 bridgehead atoms. The van der Waals surface area contributed by atoms with E-state index in [-0.39, 0.29) is 40.2 Å². The maximum Gasteiger partial charge on any atom is 0.335 e. The van der Waals surface area contributed by atoms with Crippen molar-refractivity contribution in [2.45, 2.75) is 0 Å². The van der Waals surface area contributed by atoms with Gasteiger partial charge in [0, 0.05) is 11.1 Å². The summed E-state index contributed by atoms with van der Waals surface area (Å²) in [6, 6.07) is 12.3. The van der Waals surface area contributed by atoms with E-state index in [4.69, 9.17) is 4.74 Å². The molecule has 3 aromatic rings. The summed E-state index contributed by atoms with van der Waals surface area (Å²) in [5.74, 6) is -3.81. The van der Waals surface area contributed by atoms with Gasteiger partial charge in [0.05, 0.1) is 28.1 Å². The first-order valence-electron chi connectivity index (χ1n) is 8.36. The molecule has 3 N–H and O–H groups in total. The first-order chi connectivity index (χ1) is 14.3. The molecule has 0 amide bonds. The molecule has 0 atom stereocenters. The summed E-state index contributed by atoms with van der Waals surface area (Å²) < 4.78 is 4.76. The van der Waals surface area contributed by atoms with E-state index in [0.717, 1.165) is 6.07 Å². The van der Waals surface area contributed by atoms with Crippen LogP contribution in [0, 0.1) is 0 Å². The summed E-state index contributed by atoms with van der Waals surface area (Å²) in [5.41, 5.74) is 0.617. The van der Waals surface area contributed by atoms with Crippen molar-refractivity contribution in [2.75, 3.05) is 0 Å². The van der Waals surface area contributed by atoms with Crippen molar-refractivity contribution >= 4 is 24.4 Å². The van der Waals surface area contributed by atoms with Crippen molar-refractivity contribution in [3.8, 4) is 28.3 Å². The van der Waals surface area contributed by atoms with Crippen molar-refractivity contribution < 1.29 is 39.2 Å². The van der Waals surface area contributed by atoms with Crippen LogP contribution in [0.2, 0.25) is 0 Å². The lowest BCUT2D eigenvalue weighted by molar-refractivity contribution is -0.120. The summed E-state index contributed by atoms with van der Waals surface area (Å²) in [7, 11) is 0. The van der Waals surface area contributed by atoms with Gasteiger partial charge in [0.25, 0.3) is 6.47 Å². The number of carboxylic acid groups (broad SMARTS) is 3. The fourth-order valence-corrected chi connectivity index (χ4v) is 2.77. The van der Waals surface area contributed by atoms with E-state index in [1.807, 2.05) is 0 Å². The molecule has 2 aromatic carbocycles. The average molecular weight is 407 g/mol. The van der Waals surface area contributed by atoms with Crippen LogP contribution < -0.4 is 4.74 Å². The number of carboxylic acids is 3. The lowest BCUT2D eigenvalue weighted by Gasteiger charge is -2.09. The van der Waals surface area contributed by atoms with E-state index in [9.17, 15) is 34.5 Å². The van der Waals surface area contributed by atoms with Crippen LogP contribution in [-0.2, 0) is 4.79 Å². The van der Waals surface area contributed by atoms with Gasteiger partial charge in [0.15, 0.2) is 0 Å². The van der Waals surface area contributed by atoms with E-state index in [1.54, 1.807) is 18.2 Å². The van der Waals surface area contributed by atoms with Gasteiger partial charge in [-0.05, 0) is 48.5 Å². The van der Waals surface area contributed by atoms with Crippen LogP contribution in [0.3, 0.4) is 0 Å². The van der Waals surface area contributed by atoms with Crippen LogP contribution in [0.1, 0.15) is 31.1 Å². The van der Waals surface area contributed by atoms with Crippen LogP contribution in [0.5, 0.6) is 5.75 Å². The van der Waals surface area contributed by atoms with E-state index in [1.165, 1.54) is 30.3 Å². The number of carbonyl (C=O) groups is 4. The van der Waals surface area contributed by atoms with Gasteiger partial charge in [-0.15, -0.1) is 0 Å². The van der Waals surface area contributed by atoms with Gasteiger partial charge in [-0.1, -0.05) is 6.07 Å². The molecule has 0 spiro atoms. The number of aromatic nitrogens is 1. The van der Waals surface area contributed by atoms with Gasteiger partial charge in [0.1, 0.15) is 5.75 Å². The highest BCUT2D eigenvalue weighted by Crippen LogP contribution is 2.28. The zero-order valence-electron chi connectivity index (χ0n) is 15.1. The highest BCUT2D eigenvalue weighted by atomic mass is 16.5. The van der Waals surface area contributed by atoms with Crippen LogP contribution in [0.4, 0.5) is 0 Å². The Hall–Kier alpha value is -4.53. The number of nitrogens with zero attached hydrogens (tertiary/aromatic N) is 1. The molecule has 0 aliphatic carbocycles. The fraction of sp³-hybridized carbons (Fsp3) is 0. The number of carbonyl (C=O) groups excluding carboxylic acids is 1. The molecule has 0 aliphatic rings. The Kier molecular flexibility index (Phi) is 5.54. The van der Waals surface area contributed by atoms with Gasteiger partial charge >= 0.3 is 17.9 Å². The first kappa shape index (κ1) is 20.2. The van der Waals surface area contributed by atoms with Crippen LogP contribution >= 0.6 is 0 Å². The molecule has 0 fully saturated rings.